The summed E-state index contributed by atoms with van der Waals surface area (Å²) < 4.78 is 16.8. The van der Waals surface area contributed by atoms with Gasteiger partial charge in [-0.25, -0.2) is 4.39 Å². The smallest absolute Gasteiger partial charge is 0.147 e. The Morgan fingerprint density at radius 1 is 1.15 bits per heavy atom. The molecule has 2 aromatic heterocycles. The maximum Gasteiger partial charge on any atom is 0.147 e. The van der Waals surface area contributed by atoms with Crippen LogP contribution in [0.5, 0.6) is 0 Å². The van der Waals surface area contributed by atoms with Gasteiger partial charge in [-0.1, -0.05) is 12.1 Å². The van der Waals surface area contributed by atoms with Crippen LogP contribution in [-0.2, 0) is 25.0 Å². The molecule has 136 valence electrons. The number of pyridine rings is 1. The van der Waals surface area contributed by atoms with Gasteiger partial charge in [-0.15, -0.1) is 0 Å². The van der Waals surface area contributed by atoms with E-state index in [4.69, 9.17) is 0 Å². The largest absolute Gasteiger partial charge is 0.384 e. The van der Waals surface area contributed by atoms with Crippen LogP contribution in [0.25, 0.3) is 10.9 Å². The Kier molecular flexibility index (Phi) is 4.29. The van der Waals surface area contributed by atoms with E-state index in [2.05, 4.69) is 16.9 Å². The lowest BCUT2D eigenvalue weighted by atomic mass is 9.97. The number of rotatable bonds is 3. The fourth-order valence-corrected chi connectivity index (χ4v) is 4.05. The molecule has 1 aromatic carbocycles. The molecule has 0 fully saturated rings. The molecular weight excluding hydrogens is 329 g/mol. The molecule has 0 amide bonds. The van der Waals surface area contributed by atoms with Crippen LogP contribution >= 0.6 is 0 Å². The minimum atomic E-state index is -1.11. The van der Waals surface area contributed by atoms with E-state index in [1.165, 1.54) is 11.6 Å². The molecule has 4 rings (SSSR count). The quantitative estimate of drug-likeness (QED) is 0.787. The SMILES string of the molecule is CN1CCc2c(n(CC(C)(O)c3ccncc3)c3c(F)cccc23)CC1. The van der Waals surface area contributed by atoms with Crippen LogP contribution in [-0.4, -0.2) is 39.7 Å². The van der Waals surface area contributed by atoms with Gasteiger partial charge in [0.05, 0.1) is 12.1 Å². The van der Waals surface area contributed by atoms with Gasteiger partial charge in [-0.05, 0) is 49.7 Å². The normalized spacial score (nSPS) is 17.7. The predicted molar refractivity (Wildman–Crippen MR) is 101 cm³/mol. The molecule has 0 aliphatic carbocycles. The van der Waals surface area contributed by atoms with Crippen LogP contribution < -0.4 is 0 Å². The molecule has 0 bridgehead atoms. The Morgan fingerprint density at radius 3 is 2.65 bits per heavy atom. The van der Waals surface area contributed by atoms with Crippen molar-refractivity contribution in [2.75, 3.05) is 20.1 Å². The van der Waals surface area contributed by atoms with Gasteiger partial charge in [0.25, 0.3) is 0 Å². The first-order valence-corrected chi connectivity index (χ1v) is 9.07. The number of likely N-dealkylation sites (N-methyl/N-ethyl adjacent to an activating group) is 1. The first-order valence-electron chi connectivity index (χ1n) is 9.07. The molecule has 26 heavy (non-hydrogen) atoms. The van der Waals surface area contributed by atoms with E-state index in [9.17, 15) is 9.50 Å². The van der Waals surface area contributed by atoms with Gasteiger partial charge in [-0.3, -0.25) is 4.98 Å². The van der Waals surface area contributed by atoms with Crippen molar-refractivity contribution in [1.82, 2.24) is 14.5 Å². The topological polar surface area (TPSA) is 41.3 Å². The molecule has 1 aliphatic heterocycles. The third kappa shape index (κ3) is 2.91. The fraction of sp³-hybridized carbons (Fsp3) is 0.381. The Bertz CT molecular complexity index is 933. The molecule has 1 aliphatic rings. The summed E-state index contributed by atoms with van der Waals surface area (Å²) in [6.07, 6.45) is 5.10. The Balaban J connectivity index is 1.87. The molecular formula is C21H24FN3O. The molecule has 4 nitrogen and oxygen atoms in total. The molecule has 0 saturated carbocycles. The van der Waals surface area contributed by atoms with E-state index < -0.39 is 5.60 Å². The van der Waals surface area contributed by atoms with Crippen LogP contribution in [0.4, 0.5) is 4.39 Å². The zero-order valence-corrected chi connectivity index (χ0v) is 15.2. The lowest BCUT2D eigenvalue weighted by molar-refractivity contribution is 0.0386. The van der Waals surface area contributed by atoms with E-state index in [1.807, 2.05) is 22.8 Å². The Labute approximate surface area is 152 Å². The standard InChI is InChI=1S/C21H24FN3O/c1-21(26,15-6-10-23-11-7-15)14-25-19-9-13-24(2)12-8-16(19)17-4-3-5-18(22)20(17)25/h3-7,10-11,26H,8-9,12-14H2,1-2H3. The highest BCUT2D eigenvalue weighted by molar-refractivity contribution is 5.86. The van der Waals surface area contributed by atoms with Gasteiger partial charge in [0.1, 0.15) is 11.4 Å². The van der Waals surface area contributed by atoms with E-state index in [1.54, 1.807) is 25.4 Å². The molecule has 0 saturated heterocycles. The highest BCUT2D eigenvalue weighted by Crippen LogP contribution is 2.34. The molecule has 1 N–H and O–H groups in total. The van der Waals surface area contributed by atoms with E-state index >= 15 is 0 Å². The van der Waals surface area contributed by atoms with Gasteiger partial charge in [0.15, 0.2) is 0 Å². The third-order valence-corrected chi connectivity index (χ3v) is 5.50. The van der Waals surface area contributed by atoms with E-state index in [0.717, 1.165) is 42.6 Å². The molecule has 1 atom stereocenters. The lowest BCUT2D eigenvalue weighted by Gasteiger charge is -2.26. The average molecular weight is 353 g/mol. The van der Waals surface area contributed by atoms with Gasteiger partial charge in [0.2, 0.25) is 0 Å². The molecule has 3 heterocycles. The van der Waals surface area contributed by atoms with Crippen molar-refractivity contribution in [2.24, 2.45) is 0 Å². The van der Waals surface area contributed by atoms with Crippen LogP contribution in [0, 0.1) is 5.82 Å². The fourth-order valence-electron chi connectivity index (χ4n) is 4.05. The molecule has 0 spiro atoms. The van der Waals surface area contributed by atoms with Gasteiger partial charge >= 0.3 is 0 Å². The number of nitrogens with zero attached hydrogens (tertiary/aromatic N) is 3. The second-order valence-corrected chi connectivity index (χ2v) is 7.46. The number of halogens is 1. The van der Waals surface area contributed by atoms with Crippen molar-refractivity contribution in [1.29, 1.82) is 0 Å². The maximum atomic E-state index is 14.8. The first kappa shape index (κ1) is 17.2. The van der Waals surface area contributed by atoms with Crippen LogP contribution in [0.1, 0.15) is 23.7 Å². The number of fused-ring (bicyclic) bond motifs is 3. The van der Waals surface area contributed by atoms with Crippen LogP contribution in [0.15, 0.2) is 42.7 Å². The summed E-state index contributed by atoms with van der Waals surface area (Å²) in [6, 6.07) is 8.91. The molecule has 3 aromatic rings. The highest BCUT2D eigenvalue weighted by atomic mass is 19.1. The Hall–Kier alpha value is -2.24. The number of aliphatic hydroxyl groups is 1. The molecule has 1 unspecified atom stereocenters. The second-order valence-electron chi connectivity index (χ2n) is 7.46. The number of para-hydroxylation sites is 1. The van der Waals surface area contributed by atoms with Crippen LogP contribution in [0.3, 0.4) is 0 Å². The van der Waals surface area contributed by atoms with Crippen LogP contribution in [0.2, 0.25) is 0 Å². The third-order valence-electron chi connectivity index (χ3n) is 5.50. The summed E-state index contributed by atoms with van der Waals surface area (Å²) in [6.45, 7) is 3.99. The van der Waals surface area contributed by atoms with Gasteiger partial charge in [0, 0.05) is 43.0 Å². The average Bonchev–Trinajstić information content (AvgIpc) is 2.78. The van der Waals surface area contributed by atoms with E-state index in [-0.39, 0.29) is 5.82 Å². The number of hydrogen-bond acceptors (Lipinski definition) is 3. The van der Waals surface area contributed by atoms with Crippen molar-refractivity contribution in [3.05, 3.63) is 65.4 Å². The van der Waals surface area contributed by atoms with Crippen molar-refractivity contribution in [2.45, 2.75) is 31.9 Å². The second kappa shape index (κ2) is 6.49. The summed E-state index contributed by atoms with van der Waals surface area (Å²) >= 11 is 0. The highest BCUT2D eigenvalue weighted by Gasteiger charge is 2.29. The summed E-state index contributed by atoms with van der Waals surface area (Å²) in [5.74, 6) is -0.227. The zero-order valence-electron chi connectivity index (χ0n) is 15.2. The van der Waals surface area contributed by atoms with Gasteiger partial charge in [-0.2, -0.15) is 0 Å². The maximum absolute atomic E-state index is 14.8. The predicted octanol–water partition coefficient (Wildman–Crippen LogP) is 3.11. The monoisotopic (exact) mass is 353 g/mol. The first-order chi connectivity index (χ1) is 12.5. The molecule has 0 radical (unpaired) electrons. The minimum absolute atomic E-state index is 0.227. The number of hydrogen-bond donors (Lipinski definition) is 1. The molecule has 5 heteroatoms. The van der Waals surface area contributed by atoms with Gasteiger partial charge < -0.3 is 14.6 Å². The number of benzene rings is 1. The summed E-state index contributed by atoms with van der Waals surface area (Å²) in [4.78, 5) is 6.33. The summed E-state index contributed by atoms with van der Waals surface area (Å²) in [5.41, 5.74) is 2.64. The van der Waals surface area contributed by atoms with Crippen molar-refractivity contribution >= 4 is 10.9 Å². The van der Waals surface area contributed by atoms with Crippen molar-refractivity contribution in [3.63, 3.8) is 0 Å². The zero-order chi connectivity index (χ0) is 18.3. The minimum Gasteiger partial charge on any atom is -0.384 e. The van der Waals surface area contributed by atoms with Crippen molar-refractivity contribution in [3.8, 4) is 0 Å². The van der Waals surface area contributed by atoms with E-state index in [0.29, 0.717) is 12.1 Å². The summed E-state index contributed by atoms with van der Waals surface area (Å²) in [7, 11) is 2.12. The summed E-state index contributed by atoms with van der Waals surface area (Å²) in [5, 5.41) is 12.1. The lowest BCUT2D eigenvalue weighted by Crippen LogP contribution is -2.29. The number of aromatic nitrogens is 2. The Morgan fingerprint density at radius 2 is 1.88 bits per heavy atom. The van der Waals surface area contributed by atoms with Crippen molar-refractivity contribution < 1.29 is 9.50 Å².